The maximum atomic E-state index is 13.5. The molecule has 0 aliphatic heterocycles. The van der Waals surface area contributed by atoms with Crippen LogP contribution in [0.1, 0.15) is 84.5 Å². The fourth-order valence-electron chi connectivity index (χ4n) is 6.44. The molecule has 39 heavy (non-hydrogen) atoms. The lowest BCUT2D eigenvalue weighted by molar-refractivity contribution is 0.332. The van der Waals surface area contributed by atoms with Gasteiger partial charge in [0.05, 0.1) is 5.69 Å². The van der Waals surface area contributed by atoms with Crippen LogP contribution in [0, 0.1) is 11.7 Å². The van der Waals surface area contributed by atoms with E-state index < -0.39 is 0 Å². The van der Waals surface area contributed by atoms with E-state index in [0.717, 1.165) is 47.0 Å². The van der Waals surface area contributed by atoms with E-state index in [0.29, 0.717) is 0 Å². The topological polar surface area (TPSA) is 25.8 Å². The second-order valence-corrected chi connectivity index (χ2v) is 11.3. The lowest BCUT2D eigenvalue weighted by Gasteiger charge is -2.27. The quantitative estimate of drug-likeness (QED) is 0.233. The van der Waals surface area contributed by atoms with Crippen LogP contribution in [0.15, 0.2) is 85.1 Å². The van der Waals surface area contributed by atoms with Crippen LogP contribution >= 0.6 is 0 Å². The van der Waals surface area contributed by atoms with Gasteiger partial charge in [-0.1, -0.05) is 105 Å². The third-order valence-corrected chi connectivity index (χ3v) is 8.62. The summed E-state index contributed by atoms with van der Waals surface area (Å²) in [5.74, 6) is 1.68. The van der Waals surface area contributed by atoms with Gasteiger partial charge in [0.25, 0.3) is 0 Å². The highest BCUT2D eigenvalue weighted by atomic mass is 19.1. The summed E-state index contributed by atoms with van der Waals surface area (Å²) >= 11 is 0. The summed E-state index contributed by atoms with van der Waals surface area (Å²) < 4.78 is 13.5. The molecule has 1 heterocycles. The van der Waals surface area contributed by atoms with Gasteiger partial charge in [0.1, 0.15) is 5.82 Å². The van der Waals surface area contributed by atoms with Crippen LogP contribution < -0.4 is 0 Å². The van der Waals surface area contributed by atoms with Crippen molar-refractivity contribution in [3.8, 4) is 11.3 Å². The highest BCUT2D eigenvalue weighted by Gasteiger charge is 2.27. The smallest absolute Gasteiger partial charge is 0.152 e. The third-order valence-electron chi connectivity index (χ3n) is 8.62. The Hall–Kier alpha value is -3.59. The molecule has 3 aromatic carbocycles. The average molecular weight is 517 g/mol. The molecular weight excluding hydrogens is 479 g/mol. The Morgan fingerprint density at radius 3 is 2.44 bits per heavy atom. The van der Waals surface area contributed by atoms with Crippen LogP contribution in [0.5, 0.6) is 0 Å². The van der Waals surface area contributed by atoms with Gasteiger partial charge in [0.2, 0.25) is 0 Å². The second kappa shape index (κ2) is 12.1. The Kier molecular flexibility index (Phi) is 7.95. The van der Waals surface area contributed by atoms with Crippen molar-refractivity contribution in [3.05, 3.63) is 125 Å². The van der Waals surface area contributed by atoms with Crippen molar-refractivity contribution >= 4 is 6.08 Å². The highest BCUT2D eigenvalue weighted by Crippen LogP contribution is 2.41. The summed E-state index contributed by atoms with van der Waals surface area (Å²) in [6.07, 6.45) is 19.0. The maximum absolute atomic E-state index is 13.5. The van der Waals surface area contributed by atoms with Crippen molar-refractivity contribution in [3.63, 3.8) is 0 Å². The van der Waals surface area contributed by atoms with E-state index in [1.165, 1.54) is 68.1 Å². The first-order valence-electron chi connectivity index (χ1n) is 14.7. The van der Waals surface area contributed by atoms with E-state index >= 15 is 0 Å². The Bertz CT molecular complexity index is 1420. The molecule has 0 bridgehead atoms. The molecule has 0 spiro atoms. The summed E-state index contributed by atoms with van der Waals surface area (Å²) in [5, 5.41) is 0. The zero-order chi connectivity index (χ0) is 26.4. The summed E-state index contributed by atoms with van der Waals surface area (Å²) in [4.78, 5) is 9.62. The van der Waals surface area contributed by atoms with E-state index in [1.807, 2.05) is 24.4 Å². The number of halogens is 1. The van der Waals surface area contributed by atoms with Gasteiger partial charge >= 0.3 is 0 Å². The Balaban J connectivity index is 1.09. The Morgan fingerprint density at radius 2 is 1.62 bits per heavy atom. The predicted molar refractivity (Wildman–Crippen MR) is 158 cm³/mol. The largest absolute Gasteiger partial charge is 0.237 e. The van der Waals surface area contributed by atoms with Crippen LogP contribution in [0.2, 0.25) is 0 Å². The third kappa shape index (κ3) is 6.19. The van der Waals surface area contributed by atoms with Gasteiger partial charge in [-0.05, 0) is 77.6 Å². The lowest BCUT2D eigenvalue weighted by Crippen LogP contribution is -2.14. The van der Waals surface area contributed by atoms with Gasteiger partial charge < -0.3 is 0 Å². The minimum absolute atomic E-state index is 0.175. The van der Waals surface area contributed by atoms with E-state index in [2.05, 4.69) is 59.6 Å². The minimum Gasteiger partial charge on any atom is -0.237 e. The number of allylic oxidation sites excluding steroid dienone is 1. The van der Waals surface area contributed by atoms with E-state index in [9.17, 15) is 4.39 Å². The minimum atomic E-state index is -0.205. The van der Waals surface area contributed by atoms with Crippen LogP contribution in [0.4, 0.5) is 4.39 Å². The van der Waals surface area contributed by atoms with Crippen LogP contribution in [0.25, 0.3) is 17.3 Å². The molecule has 0 amide bonds. The molecule has 4 aromatic rings. The number of rotatable bonds is 8. The van der Waals surface area contributed by atoms with Gasteiger partial charge in [-0.25, -0.2) is 14.4 Å². The first kappa shape index (κ1) is 25.7. The van der Waals surface area contributed by atoms with Gasteiger partial charge in [0, 0.05) is 17.7 Å². The maximum Gasteiger partial charge on any atom is 0.152 e. The molecule has 0 radical (unpaired) electrons. The number of nitrogens with zero attached hydrogens (tertiary/aromatic N) is 2. The molecule has 1 unspecified atom stereocenters. The first-order chi connectivity index (χ1) is 19.2. The van der Waals surface area contributed by atoms with Crippen LogP contribution in [-0.4, -0.2) is 9.97 Å². The molecule has 1 aromatic heterocycles. The molecular formula is C36H37FN2. The van der Waals surface area contributed by atoms with Gasteiger partial charge in [0.15, 0.2) is 5.82 Å². The summed E-state index contributed by atoms with van der Waals surface area (Å²) in [7, 11) is 0. The lowest BCUT2D eigenvalue weighted by atomic mass is 9.78. The van der Waals surface area contributed by atoms with Crippen molar-refractivity contribution in [2.45, 2.75) is 70.1 Å². The first-order valence-corrected chi connectivity index (χ1v) is 14.7. The van der Waals surface area contributed by atoms with Crippen LogP contribution in [0.3, 0.4) is 0 Å². The predicted octanol–water partition coefficient (Wildman–Crippen LogP) is 9.13. The zero-order valence-corrected chi connectivity index (χ0v) is 22.7. The molecule has 1 atom stereocenters. The molecule has 1 saturated carbocycles. The number of aromatic nitrogens is 2. The van der Waals surface area contributed by atoms with E-state index in [4.69, 9.17) is 4.98 Å². The molecule has 6 rings (SSSR count). The molecule has 0 saturated heterocycles. The van der Waals surface area contributed by atoms with Gasteiger partial charge in [-0.3, -0.25) is 0 Å². The second-order valence-electron chi connectivity index (χ2n) is 11.3. The molecule has 2 aliphatic carbocycles. The molecule has 198 valence electrons. The number of benzene rings is 3. The fraction of sp³-hybridized carbons (Fsp3) is 0.333. The zero-order valence-electron chi connectivity index (χ0n) is 22.7. The number of fused-ring (bicyclic) bond motifs is 3. The highest BCUT2D eigenvalue weighted by molar-refractivity contribution is 5.72. The van der Waals surface area contributed by atoms with Crippen molar-refractivity contribution in [2.24, 2.45) is 5.92 Å². The molecule has 3 heteroatoms. The monoisotopic (exact) mass is 516 g/mol. The summed E-state index contributed by atoms with van der Waals surface area (Å²) in [6.45, 7) is 0. The van der Waals surface area contributed by atoms with E-state index in [-0.39, 0.29) is 11.7 Å². The summed E-state index contributed by atoms with van der Waals surface area (Å²) in [5.41, 5.74) is 8.42. The number of hydrogen-bond donors (Lipinski definition) is 0. The summed E-state index contributed by atoms with van der Waals surface area (Å²) in [6, 6.07) is 24.4. The molecule has 1 fully saturated rings. The van der Waals surface area contributed by atoms with E-state index in [1.54, 1.807) is 12.1 Å². The van der Waals surface area contributed by atoms with Crippen molar-refractivity contribution in [1.29, 1.82) is 0 Å². The standard InChI is InChI=1S/C36H37FN2/c37-31-22-20-29(21-23-31)34-24-30-25-38-35(39-36(30)33-14-5-4-13-32(33)34)15-7-12-28-18-16-27(17-19-28)11-6-10-26-8-2-1-3-9-26/h4-5,7,13-23,25-26,34H,1-3,6,8-12,24H2. The Labute approximate surface area is 232 Å². The molecule has 2 aliphatic rings. The number of aryl methyl sites for hydroxylation is 1. The fourth-order valence-corrected chi connectivity index (χ4v) is 6.44. The number of hydrogen-bond acceptors (Lipinski definition) is 2. The van der Waals surface area contributed by atoms with Crippen molar-refractivity contribution < 1.29 is 4.39 Å². The average Bonchev–Trinajstić information content (AvgIpc) is 2.99. The normalized spacial score (nSPS) is 17.2. The van der Waals surface area contributed by atoms with Crippen molar-refractivity contribution in [2.75, 3.05) is 0 Å². The molecule has 2 nitrogen and oxygen atoms in total. The van der Waals surface area contributed by atoms with Gasteiger partial charge in [-0.2, -0.15) is 0 Å². The SMILES string of the molecule is Fc1ccc(C2Cc3cnc(C=CCc4ccc(CCCC5CCCCC5)cc4)nc3-c3ccccc32)cc1. The van der Waals surface area contributed by atoms with Crippen LogP contribution in [-0.2, 0) is 19.3 Å². The van der Waals surface area contributed by atoms with Gasteiger partial charge in [-0.15, -0.1) is 0 Å². The molecule has 0 N–H and O–H groups in total. The van der Waals surface area contributed by atoms with Crippen molar-refractivity contribution in [1.82, 2.24) is 9.97 Å². The Morgan fingerprint density at radius 1 is 0.846 bits per heavy atom.